The highest BCUT2D eigenvalue weighted by Crippen LogP contribution is 2.39. The Morgan fingerprint density at radius 1 is 1.33 bits per heavy atom. The van der Waals surface area contributed by atoms with Crippen LogP contribution in [0.5, 0.6) is 0 Å². The Balaban J connectivity index is 1.47. The van der Waals surface area contributed by atoms with Crippen molar-refractivity contribution in [3.8, 4) is 11.1 Å². The number of halogens is 1. The van der Waals surface area contributed by atoms with E-state index >= 15 is 0 Å². The van der Waals surface area contributed by atoms with Gasteiger partial charge in [0.2, 0.25) is 11.8 Å². The Hall–Kier alpha value is -2.45. The van der Waals surface area contributed by atoms with E-state index in [1.807, 2.05) is 10.9 Å². The molecule has 2 aliphatic heterocycles. The molecule has 1 unspecified atom stereocenters. The number of anilines is 1. The second-order valence-corrected chi connectivity index (χ2v) is 9.17. The summed E-state index contributed by atoms with van der Waals surface area (Å²) in [6.45, 7) is 8.23. The summed E-state index contributed by atoms with van der Waals surface area (Å²) in [4.78, 5) is 30.0. The van der Waals surface area contributed by atoms with Gasteiger partial charge >= 0.3 is 0 Å². The molecule has 0 aliphatic carbocycles. The third kappa shape index (κ3) is 4.34. The fraction of sp³-hybridized carbons (Fsp3) is 0.524. The molecule has 1 N–H and O–H groups in total. The maximum absolute atomic E-state index is 12.5. The van der Waals surface area contributed by atoms with E-state index in [4.69, 9.17) is 16.3 Å². The zero-order valence-corrected chi connectivity index (χ0v) is 18.2. The van der Waals surface area contributed by atoms with Gasteiger partial charge in [0.1, 0.15) is 5.82 Å². The van der Waals surface area contributed by atoms with Crippen molar-refractivity contribution >= 4 is 29.2 Å². The summed E-state index contributed by atoms with van der Waals surface area (Å²) in [5.74, 6) is 0.202. The highest BCUT2D eigenvalue weighted by Gasteiger charge is 2.32. The minimum atomic E-state index is -0.324. The first-order chi connectivity index (χ1) is 14.2. The van der Waals surface area contributed by atoms with Gasteiger partial charge in [-0.25, -0.2) is 4.98 Å². The third-order valence-corrected chi connectivity index (χ3v) is 5.88. The second kappa shape index (κ2) is 8.00. The second-order valence-electron chi connectivity index (χ2n) is 8.76. The number of nitrogens with one attached hydrogen (secondary N) is 1. The number of fused-ring (bicyclic) bond motifs is 1. The standard InChI is InChI=1S/C21H26ClN5O3/c1-13(28)26-4-5-30-14(11-26)6-20(29)25-19-7-15(17(22)10-23-19)16-9-24-27-12-21(2,3)8-18(16)27/h7,9-10,14H,4-6,8,11-12H2,1-3H3,(H,23,25,29). The number of carbonyl (C=O) groups is 2. The zero-order chi connectivity index (χ0) is 21.5. The Morgan fingerprint density at radius 3 is 2.90 bits per heavy atom. The first-order valence-electron chi connectivity index (χ1n) is 10.1. The first-order valence-corrected chi connectivity index (χ1v) is 10.5. The molecule has 1 fully saturated rings. The van der Waals surface area contributed by atoms with Crippen molar-refractivity contribution in [3.05, 3.63) is 29.2 Å². The molecule has 0 radical (unpaired) electrons. The maximum Gasteiger partial charge on any atom is 0.228 e. The molecule has 2 aromatic heterocycles. The van der Waals surface area contributed by atoms with Crippen LogP contribution in [0.1, 0.15) is 32.9 Å². The molecule has 9 heteroatoms. The molecule has 0 bridgehead atoms. The Kier molecular flexibility index (Phi) is 5.55. The van der Waals surface area contributed by atoms with E-state index in [-0.39, 0.29) is 29.8 Å². The predicted molar refractivity (Wildman–Crippen MR) is 113 cm³/mol. The number of morpholine rings is 1. The number of carbonyl (C=O) groups excluding carboxylic acids is 2. The number of pyridine rings is 1. The van der Waals surface area contributed by atoms with E-state index in [9.17, 15) is 9.59 Å². The number of ether oxygens (including phenoxy) is 1. The Morgan fingerprint density at radius 2 is 2.13 bits per heavy atom. The smallest absolute Gasteiger partial charge is 0.228 e. The SMILES string of the molecule is CC(=O)N1CCOC(CC(=O)Nc2cc(-c3cnn4c3CC(C)(C)C4)c(Cl)cn2)C1. The predicted octanol–water partition coefficient (Wildman–Crippen LogP) is 2.76. The van der Waals surface area contributed by atoms with Crippen LogP contribution in [-0.2, 0) is 27.3 Å². The van der Waals surface area contributed by atoms with Crippen LogP contribution < -0.4 is 5.32 Å². The minimum Gasteiger partial charge on any atom is -0.374 e. The number of rotatable bonds is 4. The lowest BCUT2D eigenvalue weighted by Gasteiger charge is -2.31. The summed E-state index contributed by atoms with van der Waals surface area (Å²) >= 11 is 6.43. The van der Waals surface area contributed by atoms with Gasteiger partial charge in [-0.15, -0.1) is 0 Å². The molecule has 2 amide bonds. The zero-order valence-electron chi connectivity index (χ0n) is 17.4. The fourth-order valence-corrected chi connectivity index (χ4v) is 4.32. The topological polar surface area (TPSA) is 89.4 Å². The summed E-state index contributed by atoms with van der Waals surface area (Å²) < 4.78 is 7.65. The lowest BCUT2D eigenvalue weighted by Crippen LogP contribution is -2.45. The van der Waals surface area contributed by atoms with Crippen LogP contribution >= 0.6 is 11.6 Å². The molecule has 4 heterocycles. The molecule has 30 heavy (non-hydrogen) atoms. The summed E-state index contributed by atoms with van der Waals surface area (Å²) in [7, 11) is 0. The van der Waals surface area contributed by atoms with E-state index in [1.54, 1.807) is 17.2 Å². The van der Waals surface area contributed by atoms with Gasteiger partial charge in [-0.2, -0.15) is 5.10 Å². The molecule has 0 aromatic carbocycles. The van der Waals surface area contributed by atoms with Crippen LogP contribution in [0.15, 0.2) is 18.5 Å². The van der Waals surface area contributed by atoms with Crippen LogP contribution in [-0.4, -0.2) is 57.3 Å². The van der Waals surface area contributed by atoms with Crippen LogP contribution in [0.2, 0.25) is 5.02 Å². The molecule has 2 aliphatic rings. The van der Waals surface area contributed by atoms with Gasteiger partial charge in [0, 0.05) is 49.6 Å². The third-order valence-electron chi connectivity index (χ3n) is 5.58. The monoisotopic (exact) mass is 431 g/mol. The van der Waals surface area contributed by atoms with E-state index < -0.39 is 0 Å². The van der Waals surface area contributed by atoms with Crippen molar-refractivity contribution in [1.82, 2.24) is 19.7 Å². The van der Waals surface area contributed by atoms with Gasteiger partial charge in [0.05, 0.1) is 30.4 Å². The van der Waals surface area contributed by atoms with Crippen molar-refractivity contribution in [2.24, 2.45) is 5.41 Å². The summed E-state index contributed by atoms with van der Waals surface area (Å²) in [6, 6.07) is 1.78. The lowest BCUT2D eigenvalue weighted by molar-refractivity contribution is -0.138. The van der Waals surface area contributed by atoms with Crippen LogP contribution in [0, 0.1) is 5.41 Å². The van der Waals surface area contributed by atoms with Gasteiger partial charge in [0.25, 0.3) is 0 Å². The van der Waals surface area contributed by atoms with Gasteiger partial charge in [-0.3, -0.25) is 14.3 Å². The summed E-state index contributed by atoms with van der Waals surface area (Å²) in [6.07, 6.45) is 4.11. The number of amides is 2. The molecular weight excluding hydrogens is 406 g/mol. The van der Waals surface area contributed by atoms with Crippen molar-refractivity contribution in [2.75, 3.05) is 25.0 Å². The van der Waals surface area contributed by atoms with Crippen molar-refractivity contribution in [3.63, 3.8) is 0 Å². The fourth-order valence-electron chi connectivity index (χ4n) is 4.12. The number of nitrogens with zero attached hydrogens (tertiary/aromatic N) is 4. The molecule has 0 saturated carbocycles. The maximum atomic E-state index is 12.5. The molecule has 8 nitrogen and oxygen atoms in total. The largest absolute Gasteiger partial charge is 0.374 e. The number of hydrogen-bond acceptors (Lipinski definition) is 5. The molecule has 1 saturated heterocycles. The van der Waals surface area contributed by atoms with E-state index in [2.05, 4.69) is 29.2 Å². The molecule has 4 rings (SSSR count). The van der Waals surface area contributed by atoms with Gasteiger partial charge in [-0.05, 0) is 17.9 Å². The Labute approximate surface area is 180 Å². The molecule has 2 aromatic rings. The van der Waals surface area contributed by atoms with Crippen molar-refractivity contribution < 1.29 is 14.3 Å². The van der Waals surface area contributed by atoms with E-state index in [0.29, 0.717) is 30.5 Å². The van der Waals surface area contributed by atoms with Gasteiger partial charge in [0.15, 0.2) is 0 Å². The number of hydrogen-bond donors (Lipinski definition) is 1. The van der Waals surface area contributed by atoms with Crippen molar-refractivity contribution in [1.29, 1.82) is 0 Å². The number of aromatic nitrogens is 3. The lowest BCUT2D eigenvalue weighted by atomic mass is 9.89. The van der Waals surface area contributed by atoms with Gasteiger partial charge in [-0.1, -0.05) is 25.4 Å². The average Bonchev–Trinajstić information content (AvgIpc) is 3.18. The van der Waals surface area contributed by atoms with E-state index in [1.165, 1.54) is 6.92 Å². The molecule has 0 spiro atoms. The van der Waals surface area contributed by atoms with Gasteiger partial charge < -0.3 is 15.0 Å². The van der Waals surface area contributed by atoms with Crippen LogP contribution in [0.4, 0.5) is 5.82 Å². The Bertz CT molecular complexity index is 987. The van der Waals surface area contributed by atoms with Crippen LogP contribution in [0.25, 0.3) is 11.1 Å². The van der Waals surface area contributed by atoms with Crippen LogP contribution in [0.3, 0.4) is 0 Å². The molecule has 160 valence electrons. The highest BCUT2D eigenvalue weighted by atomic mass is 35.5. The first kappa shape index (κ1) is 20.8. The van der Waals surface area contributed by atoms with Crippen molar-refractivity contribution in [2.45, 2.75) is 46.3 Å². The quantitative estimate of drug-likeness (QED) is 0.803. The molecule has 1 atom stereocenters. The van der Waals surface area contributed by atoms with E-state index in [0.717, 1.165) is 29.8 Å². The average molecular weight is 432 g/mol. The summed E-state index contributed by atoms with van der Waals surface area (Å²) in [5.41, 5.74) is 3.07. The minimum absolute atomic E-state index is 0.00963. The normalized spacial score (nSPS) is 20.1. The summed E-state index contributed by atoms with van der Waals surface area (Å²) in [5, 5.41) is 7.84. The highest BCUT2D eigenvalue weighted by molar-refractivity contribution is 6.33. The molecular formula is C21H26ClN5O3.